The summed E-state index contributed by atoms with van der Waals surface area (Å²) >= 11 is 0. The second kappa shape index (κ2) is 4.70. The van der Waals surface area contributed by atoms with Crippen LogP contribution in [0.3, 0.4) is 0 Å². The summed E-state index contributed by atoms with van der Waals surface area (Å²) in [6.07, 6.45) is -8.50. The fraction of sp³-hybridized carbons (Fsp3) is 0.375. The van der Waals surface area contributed by atoms with Crippen molar-refractivity contribution in [3.05, 3.63) is 27.4 Å². The first-order valence-corrected chi connectivity index (χ1v) is 4.27. The van der Waals surface area contributed by atoms with Gasteiger partial charge in [0.2, 0.25) is 0 Å². The Balaban J connectivity index is 3.62. The molecular formula is C8H5F5N2O3. The lowest BCUT2D eigenvalue weighted by atomic mass is 10.2. The fourth-order valence-corrected chi connectivity index (χ4v) is 1.21. The summed E-state index contributed by atoms with van der Waals surface area (Å²) in [7, 11) is 0.740. The summed E-state index contributed by atoms with van der Waals surface area (Å²) < 4.78 is 66.8. The molecule has 0 aliphatic rings. The van der Waals surface area contributed by atoms with Crippen LogP contribution in [-0.4, -0.2) is 17.0 Å². The molecule has 0 aliphatic carbocycles. The van der Waals surface area contributed by atoms with Crippen molar-refractivity contribution in [1.29, 1.82) is 0 Å². The molecule has 10 heteroatoms. The van der Waals surface area contributed by atoms with E-state index in [4.69, 9.17) is 0 Å². The van der Waals surface area contributed by atoms with Crippen LogP contribution >= 0.6 is 0 Å². The molecule has 0 spiro atoms. The van der Waals surface area contributed by atoms with Crippen LogP contribution in [0.15, 0.2) is 6.07 Å². The smallest absolute Gasteiger partial charge is 0.420 e. The number of hydrogen-bond acceptors (Lipinski definition) is 4. The maximum Gasteiger partial charge on any atom is 0.420 e. The molecule has 1 aromatic rings. The maximum atomic E-state index is 12.5. The van der Waals surface area contributed by atoms with Gasteiger partial charge in [-0.05, 0) is 9.91 Å². The second-order valence-electron chi connectivity index (χ2n) is 3.00. The normalized spacial score (nSPS) is 11.7. The molecule has 0 N–H and O–H groups in total. The molecule has 0 aromatic carbocycles. The molecule has 100 valence electrons. The number of alkyl halides is 5. The lowest BCUT2D eigenvalue weighted by molar-refractivity contribution is -0.390. The van der Waals surface area contributed by atoms with E-state index < -0.39 is 40.3 Å². The molecule has 18 heavy (non-hydrogen) atoms. The number of halogens is 5. The second-order valence-corrected chi connectivity index (χ2v) is 3.00. The van der Waals surface area contributed by atoms with Gasteiger partial charge in [0, 0.05) is 0 Å². The Morgan fingerprint density at radius 1 is 1.44 bits per heavy atom. The third kappa shape index (κ3) is 2.63. The molecule has 0 saturated carbocycles. The van der Waals surface area contributed by atoms with Gasteiger partial charge in [-0.1, -0.05) is 0 Å². The first-order valence-electron chi connectivity index (χ1n) is 4.27. The summed E-state index contributed by atoms with van der Waals surface area (Å²) in [4.78, 5) is 11.9. The van der Waals surface area contributed by atoms with Crippen molar-refractivity contribution < 1.29 is 31.6 Å². The van der Waals surface area contributed by atoms with E-state index in [1.165, 1.54) is 0 Å². The molecule has 0 radical (unpaired) electrons. The van der Waals surface area contributed by atoms with E-state index >= 15 is 0 Å². The highest BCUT2D eigenvalue weighted by molar-refractivity contribution is 5.45. The summed E-state index contributed by atoms with van der Waals surface area (Å²) in [5, 5.41) is 10.3. The van der Waals surface area contributed by atoms with E-state index in [1.807, 2.05) is 0 Å². The van der Waals surface area contributed by atoms with Gasteiger partial charge in [0.05, 0.1) is 13.2 Å². The maximum absolute atomic E-state index is 12.5. The quantitative estimate of drug-likeness (QED) is 0.482. The number of nitrogens with zero attached hydrogens (tertiary/aromatic N) is 2. The largest absolute Gasteiger partial charge is 0.492 e. The molecular weight excluding hydrogens is 267 g/mol. The number of nitro groups is 1. The molecule has 0 amide bonds. The Morgan fingerprint density at radius 3 is 2.33 bits per heavy atom. The highest BCUT2D eigenvalue weighted by Crippen LogP contribution is 2.41. The summed E-state index contributed by atoms with van der Waals surface area (Å²) in [5.74, 6) is -2.54. The number of hydrogen-bond donors (Lipinski definition) is 0. The van der Waals surface area contributed by atoms with E-state index in [2.05, 4.69) is 9.72 Å². The van der Waals surface area contributed by atoms with Crippen molar-refractivity contribution >= 4 is 5.82 Å². The topological polar surface area (TPSA) is 65.3 Å². The van der Waals surface area contributed by atoms with Crippen molar-refractivity contribution in [2.45, 2.75) is 12.6 Å². The van der Waals surface area contributed by atoms with Crippen molar-refractivity contribution in [3.63, 3.8) is 0 Å². The average molecular weight is 272 g/mol. The molecule has 0 unspecified atom stereocenters. The summed E-state index contributed by atoms with van der Waals surface area (Å²) in [6.45, 7) is 0. The van der Waals surface area contributed by atoms with Crippen molar-refractivity contribution in [3.8, 4) is 5.75 Å². The van der Waals surface area contributed by atoms with Gasteiger partial charge in [-0.25, -0.2) is 8.78 Å². The van der Waals surface area contributed by atoms with Gasteiger partial charge in [-0.3, -0.25) is 0 Å². The third-order valence-corrected chi connectivity index (χ3v) is 1.89. The minimum atomic E-state index is -5.07. The molecule has 1 rings (SSSR count). The average Bonchev–Trinajstić information content (AvgIpc) is 2.25. The number of methoxy groups -OCH3 is 1. The van der Waals surface area contributed by atoms with Crippen molar-refractivity contribution in [2.24, 2.45) is 0 Å². The lowest BCUT2D eigenvalue weighted by Gasteiger charge is -2.12. The van der Waals surface area contributed by atoms with Crippen LogP contribution in [0.1, 0.15) is 17.7 Å². The summed E-state index contributed by atoms with van der Waals surface area (Å²) in [6, 6.07) is 0.0463. The molecule has 1 aromatic heterocycles. The molecule has 0 fully saturated rings. The predicted molar refractivity (Wildman–Crippen MR) is 47.4 cm³/mol. The van der Waals surface area contributed by atoms with Gasteiger partial charge < -0.3 is 14.9 Å². The Bertz CT molecular complexity index is 475. The Kier molecular flexibility index (Phi) is 3.67. The van der Waals surface area contributed by atoms with Crippen LogP contribution in [0, 0.1) is 10.1 Å². The number of aromatic nitrogens is 1. The fourth-order valence-electron chi connectivity index (χ4n) is 1.21. The standard InChI is InChI=1S/C8H5F5N2O3/c1-18-6-3(8(11,12)13)2-4(15(16)17)14-5(6)7(9)10/h2,7H,1H3. The van der Waals surface area contributed by atoms with E-state index in [0.717, 1.165) is 7.11 Å². The SMILES string of the molecule is COc1c(C(F)(F)F)cc([N+](=O)[O-])nc1C(F)F. The van der Waals surface area contributed by atoms with Gasteiger partial charge in [0.1, 0.15) is 5.56 Å². The van der Waals surface area contributed by atoms with Gasteiger partial charge in [0.25, 0.3) is 5.69 Å². The van der Waals surface area contributed by atoms with Crippen LogP contribution in [0.4, 0.5) is 27.8 Å². The van der Waals surface area contributed by atoms with Crippen molar-refractivity contribution in [1.82, 2.24) is 4.98 Å². The molecule has 0 bridgehead atoms. The van der Waals surface area contributed by atoms with Gasteiger partial charge >= 0.3 is 18.4 Å². The van der Waals surface area contributed by atoms with Gasteiger partial charge in [-0.2, -0.15) is 13.2 Å². The third-order valence-electron chi connectivity index (χ3n) is 1.89. The van der Waals surface area contributed by atoms with E-state index in [1.54, 1.807) is 0 Å². The predicted octanol–water partition coefficient (Wildman–Crippen LogP) is 2.95. The zero-order chi connectivity index (χ0) is 14.1. The first-order chi connectivity index (χ1) is 8.18. The van der Waals surface area contributed by atoms with E-state index in [9.17, 15) is 32.1 Å². The zero-order valence-corrected chi connectivity index (χ0v) is 8.66. The van der Waals surface area contributed by atoms with Crippen LogP contribution in [0.2, 0.25) is 0 Å². The first kappa shape index (κ1) is 14.1. The number of ether oxygens (including phenoxy) is 1. The Hall–Kier alpha value is -2.00. The highest BCUT2D eigenvalue weighted by Gasteiger charge is 2.41. The lowest BCUT2D eigenvalue weighted by Crippen LogP contribution is -2.12. The molecule has 0 atom stereocenters. The number of rotatable bonds is 3. The minimum Gasteiger partial charge on any atom is -0.492 e. The monoisotopic (exact) mass is 272 g/mol. The number of pyridine rings is 1. The van der Waals surface area contributed by atoms with Crippen LogP contribution in [-0.2, 0) is 6.18 Å². The van der Waals surface area contributed by atoms with Crippen LogP contribution < -0.4 is 4.74 Å². The van der Waals surface area contributed by atoms with Crippen LogP contribution in [0.5, 0.6) is 5.75 Å². The van der Waals surface area contributed by atoms with Crippen molar-refractivity contribution in [2.75, 3.05) is 7.11 Å². The molecule has 1 heterocycles. The van der Waals surface area contributed by atoms with Gasteiger partial charge in [-0.15, -0.1) is 0 Å². The van der Waals surface area contributed by atoms with Gasteiger partial charge in [0.15, 0.2) is 5.75 Å². The highest BCUT2D eigenvalue weighted by atomic mass is 19.4. The van der Waals surface area contributed by atoms with E-state index in [-0.39, 0.29) is 6.07 Å². The Morgan fingerprint density at radius 2 is 2.00 bits per heavy atom. The molecule has 0 saturated heterocycles. The Labute approximate surface area is 96.3 Å². The van der Waals surface area contributed by atoms with E-state index in [0.29, 0.717) is 0 Å². The zero-order valence-electron chi connectivity index (χ0n) is 8.66. The van der Waals surface area contributed by atoms with Crippen LogP contribution in [0.25, 0.3) is 0 Å². The molecule has 0 aliphatic heterocycles. The summed E-state index contributed by atoms with van der Waals surface area (Å²) in [5.41, 5.74) is -3.08. The molecule has 5 nitrogen and oxygen atoms in total. The minimum absolute atomic E-state index is 0.0463.